The highest BCUT2D eigenvalue weighted by atomic mass is 79.9. The van der Waals surface area contributed by atoms with E-state index in [9.17, 15) is 0 Å². The zero-order valence-corrected chi connectivity index (χ0v) is 13.4. The number of fused-ring (bicyclic) bond motifs is 1. The largest absolute Gasteiger partial charge is 0.436 e. The highest BCUT2D eigenvalue weighted by Crippen LogP contribution is 2.28. The topological polar surface area (TPSA) is 51.5 Å². The summed E-state index contributed by atoms with van der Waals surface area (Å²) in [4.78, 5) is 8.78. The van der Waals surface area contributed by atoms with Crippen LogP contribution in [-0.4, -0.2) is 20.9 Å². The van der Waals surface area contributed by atoms with E-state index < -0.39 is 0 Å². The molecule has 3 rings (SSSR count). The Hall–Kier alpha value is -2.08. The van der Waals surface area contributed by atoms with Gasteiger partial charge in [-0.3, -0.25) is 4.40 Å². The Balaban J connectivity index is 2.01. The zero-order chi connectivity index (χ0) is 14.8. The van der Waals surface area contributed by atoms with Crippen LogP contribution in [0.3, 0.4) is 0 Å². The van der Waals surface area contributed by atoms with Crippen molar-refractivity contribution in [1.29, 1.82) is 0 Å². The van der Waals surface area contributed by atoms with Gasteiger partial charge in [0.25, 0.3) is 5.88 Å². The fourth-order valence-electron chi connectivity index (χ4n) is 2.03. The van der Waals surface area contributed by atoms with Crippen molar-refractivity contribution in [3.63, 3.8) is 0 Å². The summed E-state index contributed by atoms with van der Waals surface area (Å²) in [7, 11) is 0. The maximum Gasteiger partial charge on any atom is 0.265 e. The molecule has 0 saturated carbocycles. The molecule has 108 valence electrons. The summed E-state index contributed by atoms with van der Waals surface area (Å²) in [6, 6.07) is 5.82. The van der Waals surface area contributed by atoms with E-state index in [1.54, 1.807) is 6.20 Å². The van der Waals surface area contributed by atoms with E-state index in [1.165, 1.54) is 0 Å². The number of aromatic nitrogens is 3. The van der Waals surface area contributed by atoms with Gasteiger partial charge in [-0.1, -0.05) is 15.9 Å². The molecule has 2 heterocycles. The lowest BCUT2D eigenvalue weighted by Crippen LogP contribution is -2.03. The number of hydrogen-bond donors (Lipinski definition) is 1. The van der Waals surface area contributed by atoms with Gasteiger partial charge in [0.05, 0.1) is 6.20 Å². The van der Waals surface area contributed by atoms with E-state index in [1.807, 2.05) is 48.8 Å². The van der Waals surface area contributed by atoms with Gasteiger partial charge in [0.2, 0.25) is 5.65 Å². The summed E-state index contributed by atoms with van der Waals surface area (Å²) in [5.74, 6) is 1.98. The molecular formula is C15H15BrN4O. The van der Waals surface area contributed by atoms with Crippen LogP contribution < -0.4 is 10.1 Å². The molecule has 0 saturated heterocycles. The van der Waals surface area contributed by atoms with E-state index in [4.69, 9.17) is 4.74 Å². The predicted molar refractivity (Wildman–Crippen MR) is 86.1 cm³/mol. The van der Waals surface area contributed by atoms with Crippen molar-refractivity contribution in [1.82, 2.24) is 14.4 Å². The first-order chi connectivity index (χ1) is 10.2. The third kappa shape index (κ3) is 2.85. The quantitative estimate of drug-likeness (QED) is 0.774. The molecule has 3 aromatic rings. The molecule has 0 aliphatic heterocycles. The van der Waals surface area contributed by atoms with E-state index in [2.05, 4.69) is 31.2 Å². The molecule has 0 fully saturated rings. The van der Waals surface area contributed by atoms with Gasteiger partial charge in [-0.25, -0.2) is 4.98 Å². The number of aryl methyl sites for hydroxylation is 1. The van der Waals surface area contributed by atoms with Crippen molar-refractivity contribution in [2.75, 3.05) is 11.9 Å². The first kappa shape index (κ1) is 13.9. The number of nitrogens with one attached hydrogen (secondary N) is 1. The van der Waals surface area contributed by atoms with Crippen molar-refractivity contribution < 1.29 is 4.74 Å². The van der Waals surface area contributed by atoms with Gasteiger partial charge in [-0.15, -0.1) is 0 Å². The molecule has 6 heteroatoms. The van der Waals surface area contributed by atoms with Crippen LogP contribution in [-0.2, 0) is 0 Å². The van der Waals surface area contributed by atoms with Gasteiger partial charge in [0, 0.05) is 23.4 Å². The summed E-state index contributed by atoms with van der Waals surface area (Å²) in [6.45, 7) is 4.84. The standard InChI is InChI=1S/C15H15BrN4O/c1-3-17-13-9-20-7-6-18-14(20)15(19-13)21-11-4-5-12(16)10(2)8-11/h4-9,17H,3H2,1-2H3. The van der Waals surface area contributed by atoms with Crippen molar-refractivity contribution in [3.05, 3.63) is 46.8 Å². The molecule has 0 bridgehead atoms. The minimum absolute atomic E-state index is 0.486. The smallest absolute Gasteiger partial charge is 0.265 e. The van der Waals surface area contributed by atoms with E-state index >= 15 is 0 Å². The number of anilines is 1. The highest BCUT2D eigenvalue weighted by molar-refractivity contribution is 9.10. The Morgan fingerprint density at radius 2 is 2.24 bits per heavy atom. The van der Waals surface area contributed by atoms with Gasteiger partial charge >= 0.3 is 0 Å². The summed E-state index contributed by atoms with van der Waals surface area (Å²) in [5.41, 5.74) is 1.80. The fourth-order valence-corrected chi connectivity index (χ4v) is 2.28. The Labute approximate surface area is 131 Å². The maximum atomic E-state index is 5.92. The molecule has 1 N–H and O–H groups in total. The molecule has 5 nitrogen and oxygen atoms in total. The van der Waals surface area contributed by atoms with Crippen molar-refractivity contribution in [2.24, 2.45) is 0 Å². The predicted octanol–water partition coefficient (Wildman–Crippen LogP) is 4.02. The van der Waals surface area contributed by atoms with Crippen molar-refractivity contribution >= 4 is 27.4 Å². The van der Waals surface area contributed by atoms with Crippen LogP contribution >= 0.6 is 15.9 Å². The minimum Gasteiger partial charge on any atom is -0.436 e. The number of nitrogens with zero attached hydrogens (tertiary/aromatic N) is 3. The van der Waals surface area contributed by atoms with E-state index in [0.717, 1.165) is 28.1 Å². The molecule has 0 unspecified atom stereocenters. The van der Waals surface area contributed by atoms with Gasteiger partial charge in [0.15, 0.2) is 0 Å². The number of imidazole rings is 1. The summed E-state index contributed by atoms with van der Waals surface area (Å²) < 4.78 is 8.86. The van der Waals surface area contributed by atoms with Crippen LogP contribution in [0.5, 0.6) is 11.6 Å². The second kappa shape index (κ2) is 5.73. The van der Waals surface area contributed by atoms with Crippen LogP contribution in [0.2, 0.25) is 0 Å². The average Bonchev–Trinajstić information content (AvgIpc) is 2.92. The normalized spacial score (nSPS) is 10.8. The van der Waals surface area contributed by atoms with Crippen molar-refractivity contribution in [2.45, 2.75) is 13.8 Å². The summed E-state index contributed by atoms with van der Waals surface area (Å²) >= 11 is 3.48. The Bertz CT molecular complexity index is 784. The molecule has 2 aromatic heterocycles. The van der Waals surface area contributed by atoms with Crippen LogP contribution in [0.15, 0.2) is 41.3 Å². The minimum atomic E-state index is 0.486. The third-order valence-corrected chi connectivity index (χ3v) is 3.93. The second-order valence-corrected chi connectivity index (χ2v) is 5.49. The Kier molecular flexibility index (Phi) is 3.79. The lowest BCUT2D eigenvalue weighted by molar-refractivity contribution is 0.465. The molecule has 0 amide bonds. The third-order valence-electron chi connectivity index (χ3n) is 3.05. The van der Waals surface area contributed by atoms with Crippen LogP contribution in [0.4, 0.5) is 5.82 Å². The molecule has 0 spiro atoms. The number of halogens is 1. The lowest BCUT2D eigenvalue weighted by Gasteiger charge is -2.10. The van der Waals surface area contributed by atoms with Crippen LogP contribution in [0, 0.1) is 6.92 Å². The number of ether oxygens (including phenoxy) is 1. The first-order valence-corrected chi connectivity index (χ1v) is 7.48. The molecule has 21 heavy (non-hydrogen) atoms. The Morgan fingerprint density at radius 1 is 1.38 bits per heavy atom. The van der Waals surface area contributed by atoms with Crippen molar-refractivity contribution in [3.8, 4) is 11.6 Å². The van der Waals surface area contributed by atoms with Gasteiger partial charge in [0.1, 0.15) is 11.6 Å². The number of benzene rings is 1. The molecule has 0 radical (unpaired) electrons. The van der Waals surface area contributed by atoms with Gasteiger partial charge in [-0.2, -0.15) is 4.98 Å². The first-order valence-electron chi connectivity index (χ1n) is 6.69. The SMILES string of the molecule is CCNc1cn2ccnc2c(Oc2ccc(Br)c(C)c2)n1. The van der Waals surface area contributed by atoms with E-state index in [-0.39, 0.29) is 0 Å². The second-order valence-electron chi connectivity index (χ2n) is 4.63. The number of hydrogen-bond acceptors (Lipinski definition) is 4. The fraction of sp³-hybridized carbons (Fsp3) is 0.200. The van der Waals surface area contributed by atoms with Crippen LogP contribution in [0.25, 0.3) is 5.65 Å². The molecular weight excluding hydrogens is 332 g/mol. The van der Waals surface area contributed by atoms with Gasteiger partial charge < -0.3 is 10.1 Å². The molecule has 0 aliphatic rings. The summed E-state index contributed by atoms with van der Waals surface area (Å²) in [5, 5.41) is 3.19. The Morgan fingerprint density at radius 3 is 3.00 bits per heavy atom. The van der Waals surface area contributed by atoms with Crippen LogP contribution in [0.1, 0.15) is 12.5 Å². The highest BCUT2D eigenvalue weighted by Gasteiger charge is 2.10. The molecule has 0 aliphatic carbocycles. The van der Waals surface area contributed by atoms with Gasteiger partial charge in [-0.05, 0) is 37.6 Å². The number of rotatable bonds is 4. The lowest BCUT2D eigenvalue weighted by atomic mass is 10.2. The molecule has 1 aromatic carbocycles. The average molecular weight is 347 g/mol. The monoisotopic (exact) mass is 346 g/mol. The van der Waals surface area contributed by atoms with E-state index in [0.29, 0.717) is 11.5 Å². The summed E-state index contributed by atoms with van der Waals surface area (Å²) in [6.07, 6.45) is 5.50. The molecule has 0 atom stereocenters. The zero-order valence-electron chi connectivity index (χ0n) is 11.8. The maximum absolute atomic E-state index is 5.92.